The minimum Gasteiger partial charge on any atom is -0.441 e. The first kappa shape index (κ1) is 20.6. The van der Waals surface area contributed by atoms with Gasteiger partial charge in [0.05, 0.1) is 11.8 Å². The van der Waals surface area contributed by atoms with Gasteiger partial charge in [0, 0.05) is 38.2 Å². The zero-order valence-corrected chi connectivity index (χ0v) is 16.8. The fourth-order valence-corrected chi connectivity index (χ4v) is 3.14. The highest BCUT2D eigenvalue weighted by Crippen LogP contribution is 2.23. The molecule has 6 heteroatoms. The van der Waals surface area contributed by atoms with Crippen LogP contribution >= 0.6 is 0 Å². The lowest BCUT2D eigenvalue weighted by Gasteiger charge is -2.23. The quantitative estimate of drug-likeness (QED) is 0.585. The predicted octanol–water partition coefficient (Wildman–Crippen LogP) is 4.36. The number of nitrogens with zero attached hydrogens (tertiary/aromatic N) is 2. The van der Waals surface area contributed by atoms with Crippen LogP contribution in [0.2, 0.25) is 0 Å². The monoisotopic (exact) mass is 395 g/mol. The molecule has 3 rings (SSSR count). The van der Waals surface area contributed by atoms with Gasteiger partial charge in [-0.15, -0.1) is 0 Å². The van der Waals surface area contributed by atoms with E-state index < -0.39 is 0 Å². The van der Waals surface area contributed by atoms with E-state index in [1.54, 1.807) is 18.2 Å². The number of likely N-dealkylation sites (N-methyl/N-ethyl adjacent to an activating group) is 1. The van der Waals surface area contributed by atoms with Crippen molar-refractivity contribution in [1.82, 2.24) is 10.3 Å². The van der Waals surface area contributed by atoms with Gasteiger partial charge in [0.1, 0.15) is 5.82 Å². The standard InChI is InChI=1S/C23H26FN3O2/c1-3-27(18-8-6-7-17(2)15-18)14-13-25-22(28)11-12-23-26-16-21(29-23)19-9-4-5-10-20(19)24/h4-10,15-16H,3,11-14H2,1-2H3,(H,25,28). The van der Waals surface area contributed by atoms with Crippen molar-refractivity contribution in [3.8, 4) is 11.3 Å². The molecule has 29 heavy (non-hydrogen) atoms. The fraction of sp³-hybridized carbons (Fsp3) is 0.304. The molecule has 1 aromatic heterocycles. The number of hydrogen-bond donors (Lipinski definition) is 1. The first-order valence-corrected chi connectivity index (χ1v) is 9.84. The Labute approximate surface area is 170 Å². The van der Waals surface area contributed by atoms with Crippen molar-refractivity contribution >= 4 is 11.6 Å². The summed E-state index contributed by atoms with van der Waals surface area (Å²) in [7, 11) is 0. The van der Waals surface area contributed by atoms with Gasteiger partial charge in [0.15, 0.2) is 11.7 Å². The number of carbonyl (C=O) groups excluding carboxylic acids is 1. The molecule has 1 amide bonds. The van der Waals surface area contributed by atoms with Crippen LogP contribution in [0.3, 0.4) is 0 Å². The van der Waals surface area contributed by atoms with Crippen LogP contribution < -0.4 is 10.2 Å². The first-order chi connectivity index (χ1) is 14.1. The second-order valence-electron chi connectivity index (χ2n) is 6.87. The molecule has 0 saturated carbocycles. The number of rotatable bonds is 9. The van der Waals surface area contributed by atoms with Crippen molar-refractivity contribution in [1.29, 1.82) is 0 Å². The summed E-state index contributed by atoms with van der Waals surface area (Å²) in [5, 5.41) is 2.94. The molecule has 1 heterocycles. The van der Waals surface area contributed by atoms with Gasteiger partial charge in [-0.25, -0.2) is 9.37 Å². The number of carbonyl (C=O) groups is 1. The molecule has 0 unspecified atom stereocenters. The van der Waals surface area contributed by atoms with E-state index in [4.69, 9.17) is 4.42 Å². The molecule has 5 nitrogen and oxygen atoms in total. The Kier molecular flexibility index (Phi) is 7.00. The topological polar surface area (TPSA) is 58.4 Å². The molecule has 0 radical (unpaired) electrons. The van der Waals surface area contributed by atoms with Crippen LogP contribution in [0, 0.1) is 12.7 Å². The van der Waals surface area contributed by atoms with Gasteiger partial charge in [-0.3, -0.25) is 4.79 Å². The van der Waals surface area contributed by atoms with Gasteiger partial charge in [0.25, 0.3) is 0 Å². The van der Waals surface area contributed by atoms with Crippen LogP contribution in [-0.2, 0) is 11.2 Å². The Bertz CT molecular complexity index is 955. The molecule has 0 saturated heterocycles. The summed E-state index contributed by atoms with van der Waals surface area (Å²) >= 11 is 0. The normalized spacial score (nSPS) is 10.7. The minimum absolute atomic E-state index is 0.0593. The summed E-state index contributed by atoms with van der Waals surface area (Å²) in [4.78, 5) is 18.5. The average molecular weight is 395 g/mol. The van der Waals surface area contributed by atoms with Crippen LogP contribution in [-0.4, -0.2) is 30.5 Å². The van der Waals surface area contributed by atoms with E-state index in [1.807, 2.05) is 6.07 Å². The van der Waals surface area contributed by atoms with E-state index in [2.05, 4.69) is 47.2 Å². The number of aromatic nitrogens is 1. The highest BCUT2D eigenvalue weighted by molar-refractivity contribution is 5.76. The van der Waals surface area contributed by atoms with Gasteiger partial charge in [-0.1, -0.05) is 24.3 Å². The molecule has 3 aromatic rings. The van der Waals surface area contributed by atoms with Crippen LogP contribution in [0.1, 0.15) is 24.8 Å². The van der Waals surface area contributed by atoms with E-state index in [1.165, 1.54) is 17.8 Å². The molecular formula is C23H26FN3O2. The van der Waals surface area contributed by atoms with Crippen LogP contribution in [0.5, 0.6) is 0 Å². The second-order valence-corrected chi connectivity index (χ2v) is 6.87. The number of aryl methyl sites for hydroxylation is 2. The molecule has 1 N–H and O–H groups in total. The molecule has 0 aliphatic heterocycles. The summed E-state index contributed by atoms with van der Waals surface area (Å²) in [6.45, 7) is 6.34. The number of benzene rings is 2. The summed E-state index contributed by atoms with van der Waals surface area (Å²) in [5.74, 6) is 0.376. The third-order valence-corrected chi connectivity index (χ3v) is 4.71. The molecule has 2 aromatic carbocycles. The lowest BCUT2D eigenvalue weighted by molar-refractivity contribution is -0.121. The summed E-state index contributed by atoms with van der Waals surface area (Å²) in [6, 6.07) is 14.7. The van der Waals surface area contributed by atoms with Crippen molar-refractivity contribution in [3.63, 3.8) is 0 Å². The Hall–Kier alpha value is -3.15. The molecule has 0 aliphatic carbocycles. The SMILES string of the molecule is CCN(CCNC(=O)CCc1ncc(-c2ccccc2F)o1)c1cccc(C)c1. The number of anilines is 1. The third kappa shape index (κ3) is 5.67. The number of halogens is 1. The maximum atomic E-state index is 13.8. The lowest BCUT2D eigenvalue weighted by Crippen LogP contribution is -2.35. The van der Waals surface area contributed by atoms with Crippen LogP contribution in [0.4, 0.5) is 10.1 Å². The van der Waals surface area contributed by atoms with Gasteiger partial charge in [-0.05, 0) is 43.7 Å². The molecule has 0 atom stereocenters. The van der Waals surface area contributed by atoms with Gasteiger partial charge < -0.3 is 14.6 Å². The highest BCUT2D eigenvalue weighted by Gasteiger charge is 2.12. The number of amides is 1. The zero-order chi connectivity index (χ0) is 20.6. The van der Waals surface area contributed by atoms with Crippen molar-refractivity contribution in [2.45, 2.75) is 26.7 Å². The average Bonchev–Trinajstić information content (AvgIpc) is 3.19. The maximum Gasteiger partial charge on any atom is 0.220 e. The van der Waals surface area contributed by atoms with E-state index >= 15 is 0 Å². The summed E-state index contributed by atoms with van der Waals surface area (Å²) < 4.78 is 19.4. The first-order valence-electron chi connectivity index (χ1n) is 9.84. The molecule has 0 bridgehead atoms. The van der Waals surface area contributed by atoms with Crippen LogP contribution in [0.15, 0.2) is 59.1 Å². The third-order valence-electron chi connectivity index (χ3n) is 4.71. The molecule has 0 spiro atoms. The predicted molar refractivity (Wildman–Crippen MR) is 112 cm³/mol. The summed E-state index contributed by atoms with van der Waals surface area (Å²) in [6.07, 6.45) is 2.13. The van der Waals surface area contributed by atoms with Gasteiger partial charge >= 0.3 is 0 Å². The Balaban J connectivity index is 1.45. The summed E-state index contributed by atoms with van der Waals surface area (Å²) in [5.41, 5.74) is 2.74. The molecule has 152 valence electrons. The Morgan fingerprint density at radius 2 is 2.03 bits per heavy atom. The number of oxazole rings is 1. The molecule has 0 aliphatic rings. The van der Waals surface area contributed by atoms with Crippen LogP contribution in [0.25, 0.3) is 11.3 Å². The molecule has 0 fully saturated rings. The Morgan fingerprint density at radius 1 is 1.21 bits per heavy atom. The highest BCUT2D eigenvalue weighted by atomic mass is 19.1. The van der Waals surface area contributed by atoms with E-state index in [0.29, 0.717) is 30.2 Å². The van der Waals surface area contributed by atoms with Crippen molar-refractivity contribution < 1.29 is 13.6 Å². The van der Waals surface area contributed by atoms with Gasteiger partial charge in [-0.2, -0.15) is 0 Å². The zero-order valence-electron chi connectivity index (χ0n) is 16.8. The Morgan fingerprint density at radius 3 is 2.79 bits per heavy atom. The van der Waals surface area contributed by atoms with Crippen molar-refractivity contribution in [2.75, 3.05) is 24.5 Å². The van der Waals surface area contributed by atoms with Gasteiger partial charge in [0.2, 0.25) is 5.91 Å². The smallest absolute Gasteiger partial charge is 0.220 e. The van der Waals surface area contributed by atoms with Crippen molar-refractivity contribution in [3.05, 3.63) is 72.0 Å². The van der Waals surface area contributed by atoms with Crippen molar-refractivity contribution in [2.24, 2.45) is 0 Å². The number of hydrogen-bond acceptors (Lipinski definition) is 4. The molecular weight excluding hydrogens is 369 g/mol. The second kappa shape index (κ2) is 9.87. The van der Waals surface area contributed by atoms with E-state index in [9.17, 15) is 9.18 Å². The minimum atomic E-state index is -0.359. The number of nitrogens with one attached hydrogen (secondary N) is 1. The maximum absolute atomic E-state index is 13.8. The van der Waals surface area contributed by atoms with E-state index in [-0.39, 0.29) is 18.1 Å². The lowest BCUT2D eigenvalue weighted by atomic mass is 10.2. The van der Waals surface area contributed by atoms with E-state index in [0.717, 1.165) is 18.8 Å². The largest absolute Gasteiger partial charge is 0.441 e. The fourth-order valence-electron chi connectivity index (χ4n) is 3.14.